The molecular weight excluding hydrogens is 338 g/mol. The summed E-state index contributed by atoms with van der Waals surface area (Å²) in [5, 5.41) is 0. The van der Waals surface area contributed by atoms with Crippen molar-refractivity contribution in [1.82, 2.24) is 4.98 Å². The van der Waals surface area contributed by atoms with Gasteiger partial charge in [-0.3, -0.25) is 0 Å². The van der Waals surface area contributed by atoms with E-state index in [1.807, 2.05) is 6.07 Å². The third-order valence-electron chi connectivity index (χ3n) is 5.62. The second-order valence-electron chi connectivity index (χ2n) is 7.49. The van der Waals surface area contributed by atoms with Crippen LogP contribution < -0.4 is 0 Å². The van der Waals surface area contributed by atoms with Crippen LogP contribution in [-0.2, 0) is 0 Å². The van der Waals surface area contributed by atoms with Crippen molar-refractivity contribution < 1.29 is 0 Å². The lowest BCUT2D eigenvalue weighted by molar-refractivity contribution is 1.21. The van der Waals surface area contributed by atoms with Gasteiger partial charge in [0.1, 0.15) is 0 Å². The van der Waals surface area contributed by atoms with Crippen molar-refractivity contribution in [1.29, 1.82) is 0 Å². The van der Waals surface area contributed by atoms with Gasteiger partial charge in [0.15, 0.2) is 0 Å². The van der Waals surface area contributed by atoms with E-state index in [2.05, 4.69) is 100 Å². The highest BCUT2D eigenvalue weighted by Crippen LogP contribution is 2.35. The van der Waals surface area contributed by atoms with E-state index in [-0.39, 0.29) is 0 Å². The van der Waals surface area contributed by atoms with Crippen LogP contribution in [0.25, 0.3) is 33.6 Å². The lowest BCUT2D eigenvalue weighted by Gasteiger charge is -2.17. The maximum atomic E-state index is 5.10. The molecule has 0 aliphatic heterocycles. The Bertz CT molecular complexity index is 1040. The van der Waals surface area contributed by atoms with Crippen LogP contribution in [-0.4, -0.2) is 4.98 Å². The Morgan fingerprint density at radius 3 is 1.57 bits per heavy atom. The smallest absolute Gasteiger partial charge is 0.0721 e. The lowest BCUT2D eigenvalue weighted by atomic mass is 9.90. The Hall–Kier alpha value is -3.19. The first-order chi connectivity index (χ1) is 13.5. The fraction of sp³-hybridized carbons (Fsp3) is 0.148. The molecule has 3 aromatic carbocycles. The van der Waals surface area contributed by atoms with Crippen molar-refractivity contribution in [3.8, 4) is 33.6 Å². The molecule has 1 heteroatoms. The molecule has 0 aliphatic rings. The SMILES string of the molecule is Cc1cc(C)c(C)c(-c2cc(-c3ccccc3)cc(-c3ccccc3)n2)c1C. The molecule has 0 amide bonds. The maximum Gasteiger partial charge on any atom is 0.0721 e. The zero-order valence-corrected chi connectivity index (χ0v) is 17.0. The molecule has 0 saturated carbocycles. The molecule has 0 saturated heterocycles. The maximum absolute atomic E-state index is 5.10. The largest absolute Gasteiger partial charge is 0.248 e. The number of hydrogen-bond acceptors (Lipinski definition) is 1. The van der Waals surface area contributed by atoms with Crippen LogP contribution in [0.4, 0.5) is 0 Å². The van der Waals surface area contributed by atoms with E-state index >= 15 is 0 Å². The standard InChI is InChI=1S/C27H25N/c1-18-15-19(2)21(4)27(20(18)3)26-17-24(22-11-7-5-8-12-22)16-25(28-26)23-13-9-6-10-14-23/h5-17H,1-4H3. The van der Waals surface area contributed by atoms with Crippen molar-refractivity contribution in [2.45, 2.75) is 27.7 Å². The van der Waals surface area contributed by atoms with Crippen molar-refractivity contribution >= 4 is 0 Å². The number of rotatable bonds is 3. The minimum Gasteiger partial charge on any atom is -0.248 e. The molecule has 1 aromatic heterocycles. The van der Waals surface area contributed by atoms with Gasteiger partial charge in [0.25, 0.3) is 0 Å². The second kappa shape index (κ2) is 7.44. The normalized spacial score (nSPS) is 10.9. The molecule has 0 fully saturated rings. The van der Waals surface area contributed by atoms with Crippen LogP contribution in [0, 0.1) is 27.7 Å². The molecule has 28 heavy (non-hydrogen) atoms. The van der Waals surface area contributed by atoms with Crippen molar-refractivity contribution in [2.75, 3.05) is 0 Å². The number of pyridine rings is 1. The summed E-state index contributed by atoms with van der Waals surface area (Å²) in [6.45, 7) is 8.78. The molecule has 1 nitrogen and oxygen atoms in total. The highest BCUT2D eigenvalue weighted by molar-refractivity contribution is 5.79. The zero-order chi connectivity index (χ0) is 19.7. The number of nitrogens with zero attached hydrogens (tertiary/aromatic N) is 1. The summed E-state index contributed by atoms with van der Waals surface area (Å²) >= 11 is 0. The van der Waals surface area contributed by atoms with Gasteiger partial charge in [0, 0.05) is 11.1 Å². The molecule has 4 aromatic rings. The van der Waals surface area contributed by atoms with Crippen LogP contribution in [0.3, 0.4) is 0 Å². The Morgan fingerprint density at radius 1 is 0.500 bits per heavy atom. The highest BCUT2D eigenvalue weighted by Gasteiger charge is 2.15. The van der Waals surface area contributed by atoms with Gasteiger partial charge in [-0.15, -0.1) is 0 Å². The van der Waals surface area contributed by atoms with E-state index in [9.17, 15) is 0 Å². The molecular formula is C27H25N. The van der Waals surface area contributed by atoms with Crippen molar-refractivity contribution in [2.24, 2.45) is 0 Å². The minimum absolute atomic E-state index is 1.01. The van der Waals surface area contributed by atoms with E-state index in [0.29, 0.717) is 0 Å². The van der Waals surface area contributed by atoms with E-state index < -0.39 is 0 Å². The average molecular weight is 364 g/mol. The summed E-state index contributed by atoms with van der Waals surface area (Å²) in [6, 6.07) is 27.7. The summed E-state index contributed by atoms with van der Waals surface area (Å²) < 4.78 is 0. The highest BCUT2D eigenvalue weighted by atomic mass is 14.7. The van der Waals surface area contributed by atoms with E-state index in [0.717, 1.165) is 17.0 Å². The van der Waals surface area contributed by atoms with Gasteiger partial charge in [0.2, 0.25) is 0 Å². The number of benzene rings is 3. The van der Waals surface area contributed by atoms with Gasteiger partial charge in [0.05, 0.1) is 11.4 Å². The van der Waals surface area contributed by atoms with Gasteiger partial charge in [-0.25, -0.2) is 4.98 Å². The van der Waals surface area contributed by atoms with Gasteiger partial charge in [-0.1, -0.05) is 66.7 Å². The summed E-state index contributed by atoms with van der Waals surface area (Å²) in [7, 11) is 0. The molecule has 0 radical (unpaired) electrons. The first-order valence-corrected chi connectivity index (χ1v) is 9.75. The zero-order valence-electron chi connectivity index (χ0n) is 17.0. The van der Waals surface area contributed by atoms with Crippen LogP contribution >= 0.6 is 0 Å². The number of hydrogen-bond donors (Lipinski definition) is 0. The third-order valence-corrected chi connectivity index (χ3v) is 5.62. The molecule has 0 bridgehead atoms. The van der Waals surface area contributed by atoms with Crippen LogP contribution in [0.15, 0.2) is 78.9 Å². The predicted octanol–water partition coefficient (Wildman–Crippen LogP) is 7.32. The quantitative estimate of drug-likeness (QED) is 0.372. The summed E-state index contributed by atoms with van der Waals surface area (Å²) in [4.78, 5) is 5.10. The fourth-order valence-corrected chi connectivity index (χ4v) is 3.81. The van der Waals surface area contributed by atoms with Gasteiger partial charge in [-0.05, 0) is 73.2 Å². The van der Waals surface area contributed by atoms with Gasteiger partial charge >= 0.3 is 0 Å². The molecule has 0 aliphatic carbocycles. The van der Waals surface area contributed by atoms with Crippen molar-refractivity contribution in [3.05, 3.63) is 101 Å². The lowest BCUT2D eigenvalue weighted by Crippen LogP contribution is -1.98. The van der Waals surface area contributed by atoms with E-state index in [1.54, 1.807) is 0 Å². The molecule has 0 N–H and O–H groups in total. The van der Waals surface area contributed by atoms with Crippen LogP contribution in [0.2, 0.25) is 0 Å². The monoisotopic (exact) mass is 363 g/mol. The third kappa shape index (κ3) is 3.36. The summed E-state index contributed by atoms with van der Waals surface area (Å²) in [5.74, 6) is 0. The average Bonchev–Trinajstić information content (AvgIpc) is 2.74. The Balaban J connectivity index is 2.01. The van der Waals surface area contributed by atoms with Crippen LogP contribution in [0.5, 0.6) is 0 Å². The van der Waals surface area contributed by atoms with E-state index in [4.69, 9.17) is 4.98 Å². The molecule has 0 atom stereocenters. The predicted molar refractivity (Wildman–Crippen MR) is 119 cm³/mol. The number of aromatic nitrogens is 1. The Morgan fingerprint density at radius 2 is 1.00 bits per heavy atom. The van der Waals surface area contributed by atoms with Gasteiger partial charge in [-0.2, -0.15) is 0 Å². The molecule has 4 rings (SSSR count). The topological polar surface area (TPSA) is 12.9 Å². The van der Waals surface area contributed by atoms with Crippen molar-refractivity contribution in [3.63, 3.8) is 0 Å². The molecule has 1 heterocycles. The molecule has 0 spiro atoms. The second-order valence-corrected chi connectivity index (χ2v) is 7.49. The minimum atomic E-state index is 1.01. The van der Waals surface area contributed by atoms with E-state index in [1.165, 1.54) is 38.9 Å². The Kier molecular flexibility index (Phi) is 4.83. The summed E-state index contributed by atoms with van der Waals surface area (Å²) in [5.41, 5.74) is 12.1. The molecule has 0 unspecified atom stereocenters. The first-order valence-electron chi connectivity index (χ1n) is 9.75. The number of aryl methyl sites for hydroxylation is 2. The van der Waals surface area contributed by atoms with Crippen LogP contribution in [0.1, 0.15) is 22.3 Å². The molecule has 138 valence electrons. The fourth-order valence-electron chi connectivity index (χ4n) is 3.81. The Labute approximate surface area is 167 Å². The summed E-state index contributed by atoms with van der Waals surface area (Å²) in [6.07, 6.45) is 0. The first kappa shape index (κ1) is 18.2. The van der Waals surface area contributed by atoms with Gasteiger partial charge < -0.3 is 0 Å².